The van der Waals surface area contributed by atoms with Crippen LogP contribution in [-0.2, 0) is 0 Å². The third-order valence-corrected chi connectivity index (χ3v) is 3.42. The van der Waals surface area contributed by atoms with Crippen molar-refractivity contribution in [2.75, 3.05) is 0 Å². The fraction of sp³-hybridized carbons (Fsp3) is 0.286. The maximum Gasteiger partial charge on any atom is 0.374 e. The van der Waals surface area contributed by atoms with Crippen molar-refractivity contribution >= 4 is 33.4 Å². The molecule has 0 bridgehead atoms. The number of alkyl halides is 4. The van der Waals surface area contributed by atoms with Gasteiger partial charge in [0.2, 0.25) is 0 Å². The standard InChI is InChI=1S/C7H5BrClF2N3/c8-6(7(9,10)11)13-12-5-3-1-2-4-14(5)6/h1-4,13H. The van der Waals surface area contributed by atoms with E-state index in [4.69, 9.17) is 11.6 Å². The van der Waals surface area contributed by atoms with Crippen molar-refractivity contribution in [3.8, 4) is 0 Å². The lowest BCUT2D eigenvalue weighted by atomic mass is 10.3. The summed E-state index contributed by atoms with van der Waals surface area (Å²) in [6, 6.07) is 0. The summed E-state index contributed by atoms with van der Waals surface area (Å²) in [5, 5.41) is 0.228. The zero-order valence-electron chi connectivity index (χ0n) is 6.72. The number of amidine groups is 1. The largest absolute Gasteiger partial charge is 0.374 e. The lowest BCUT2D eigenvalue weighted by molar-refractivity contribution is 0.00363. The molecule has 0 spiro atoms. The van der Waals surface area contributed by atoms with Crippen LogP contribution in [0.25, 0.3) is 0 Å². The highest BCUT2D eigenvalue weighted by Crippen LogP contribution is 2.43. The molecule has 2 rings (SSSR count). The van der Waals surface area contributed by atoms with Gasteiger partial charge in [0.05, 0.1) is 0 Å². The van der Waals surface area contributed by atoms with E-state index in [0.29, 0.717) is 5.84 Å². The number of nitrogens with one attached hydrogen (secondary N) is 1. The van der Waals surface area contributed by atoms with Crippen LogP contribution in [0.5, 0.6) is 0 Å². The van der Waals surface area contributed by atoms with E-state index in [1.54, 1.807) is 18.2 Å². The Morgan fingerprint density at radius 3 is 2.93 bits per heavy atom. The lowest BCUT2D eigenvalue weighted by Crippen LogP contribution is -2.56. The van der Waals surface area contributed by atoms with Crippen LogP contribution in [0.2, 0.25) is 0 Å². The molecule has 1 atom stereocenters. The molecule has 0 saturated carbocycles. The Balaban J connectivity index is 2.36. The quantitative estimate of drug-likeness (QED) is 0.590. The Hall–Kier alpha value is -0.620. The second-order valence-corrected chi connectivity index (χ2v) is 4.39. The maximum absolute atomic E-state index is 13.1. The van der Waals surface area contributed by atoms with E-state index in [1.807, 2.05) is 0 Å². The first-order valence-electron chi connectivity index (χ1n) is 3.70. The molecule has 2 heterocycles. The third-order valence-electron chi connectivity index (χ3n) is 1.86. The molecule has 0 aliphatic carbocycles. The minimum absolute atomic E-state index is 0.379. The smallest absolute Gasteiger partial charge is 0.291 e. The molecule has 0 aromatic carbocycles. The number of fused-ring (bicyclic) bond motifs is 1. The first kappa shape index (κ1) is 9.92. The van der Waals surface area contributed by atoms with Gasteiger partial charge in [0.25, 0.3) is 4.57 Å². The SMILES string of the molecule is FC(F)(Cl)C1(Br)NN=C2C=CC=CN21. The van der Waals surface area contributed by atoms with Crippen LogP contribution in [-0.4, -0.2) is 20.7 Å². The molecule has 7 heteroatoms. The minimum Gasteiger partial charge on any atom is -0.291 e. The van der Waals surface area contributed by atoms with Gasteiger partial charge in [0.1, 0.15) is 0 Å². The van der Waals surface area contributed by atoms with Crippen LogP contribution in [0.15, 0.2) is 29.5 Å². The Morgan fingerprint density at radius 1 is 1.57 bits per heavy atom. The monoisotopic (exact) mass is 283 g/mol. The Kier molecular flexibility index (Phi) is 2.08. The molecule has 0 fully saturated rings. The summed E-state index contributed by atoms with van der Waals surface area (Å²) in [6.07, 6.45) is 6.37. The van der Waals surface area contributed by atoms with Gasteiger partial charge in [-0.05, 0) is 39.7 Å². The van der Waals surface area contributed by atoms with Crippen LogP contribution in [0.4, 0.5) is 8.78 Å². The van der Waals surface area contributed by atoms with Gasteiger partial charge in [-0.3, -0.25) is 10.3 Å². The Bertz CT molecular complexity index is 349. The van der Waals surface area contributed by atoms with Crippen molar-refractivity contribution in [2.45, 2.75) is 9.95 Å². The van der Waals surface area contributed by atoms with Crippen molar-refractivity contribution in [3.05, 3.63) is 24.4 Å². The zero-order valence-corrected chi connectivity index (χ0v) is 9.06. The number of hydrogen-bond acceptors (Lipinski definition) is 3. The number of nitrogens with zero attached hydrogens (tertiary/aromatic N) is 2. The molecule has 0 saturated heterocycles. The summed E-state index contributed by atoms with van der Waals surface area (Å²) in [7, 11) is 0. The summed E-state index contributed by atoms with van der Waals surface area (Å²) in [5.74, 6) is 0.379. The average molecular weight is 284 g/mol. The highest BCUT2D eigenvalue weighted by atomic mass is 79.9. The van der Waals surface area contributed by atoms with Crippen LogP contribution in [0.1, 0.15) is 0 Å². The number of allylic oxidation sites excluding steroid dienone is 2. The highest BCUT2D eigenvalue weighted by molar-refractivity contribution is 9.10. The van der Waals surface area contributed by atoms with E-state index in [2.05, 4.69) is 26.5 Å². The highest BCUT2D eigenvalue weighted by Gasteiger charge is 2.58. The van der Waals surface area contributed by atoms with E-state index in [-0.39, 0.29) is 0 Å². The molecule has 3 nitrogen and oxygen atoms in total. The molecule has 1 N–H and O–H groups in total. The van der Waals surface area contributed by atoms with Gasteiger partial charge < -0.3 is 0 Å². The molecule has 1 unspecified atom stereocenters. The molecule has 0 aromatic heterocycles. The molecule has 2 aliphatic rings. The predicted octanol–water partition coefficient (Wildman–Crippen LogP) is 2.17. The van der Waals surface area contributed by atoms with E-state index in [0.717, 1.165) is 0 Å². The minimum atomic E-state index is -3.49. The number of hydrazone groups is 1. The Morgan fingerprint density at radius 2 is 2.29 bits per heavy atom. The van der Waals surface area contributed by atoms with Crippen molar-refractivity contribution in [1.29, 1.82) is 0 Å². The third kappa shape index (κ3) is 1.25. The summed E-state index contributed by atoms with van der Waals surface area (Å²) in [6.45, 7) is 0. The van der Waals surface area contributed by atoms with Crippen molar-refractivity contribution in [1.82, 2.24) is 10.3 Å². The maximum atomic E-state index is 13.1. The van der Waals surface area contributed by atoms with Gasteiger partial charge in [-0.25, -0.2) is 0 Å². The van der Waals surface area contributed by atoms with Crippen molar-refractivity contribution in [2.24, 2.45) is 5.10 Å². The van der Waals surface area contributed by atoms with E-state index >= 15 is 0 Å². The number of hydrogen-bond donors (Lipinski definition) is 1. The summed E-state index contributed by atoms with van der Waals surface area (Å²) in [4.78, 5) is 1.22. The summed E-state index contributed by atoms with van der Waals surface area (Å²) in [5.41, 5.74) is 2.26. The second-order valence-electron chi connectivity index (χ2n) is 2.77. The fourth-order valence-electron chi connectivity index (χ4n) is 1.17. The van der Waals surface area contributed by atoms with Crippen molar-refractivity contribution < 1.29 is 8.78 Å². The molecule has 76 valence electrons. The van der Waals surface area contributed by atoms with Gasteiger partial charge in [0.15, 0.2) is 5.84 Å². The van der Waals surface area contributed by atoms with E-state index in [1.165, 1.54) is 11.1 Å². The topological polar surface area (TPSA) is 27.6 Å². The van der Waals surface area contributed by atoms with Gasteiger partial charge in [0, 0.05) is 6.20 Å². The van der Waals surface area contributed by atoms with Gasteiger partial charge in [-0.1, -0.05) is 6.08 Å². The molecule has 14 heavy (non-hydrogen) atoms. The molecular formula is C7H5BrClF2N3. The normalized spacial score (nSPS) is 30.0. The first-order chi connectivity index (χ1) is 6.45. The predicted molar refractivity (Wildman–Crippen MR) is 53.1 cm³/mol. The van der Waals surface area contributed by atoms with Gasteiger partial charge >= 0.3 is 5.38 Å². The molecule has 0 radical (unpaired) electrons. The molecule has 0 aromatic rings. The lowest BCUT2D eigenvalue weighted by Gasteiger charge is -2.34. The zero-order chi connectivity index (χ0) is 10.4. The molecule has 2 aliphatic heterocycles. The second kappa shape index (κ2) is 2.93. The number of rotatable bonds is 1. The average Bonchev–Trinajstić information content (AvgIpc) is 2.45. The van der Waals surface area contributed by atoms with E-state index in [9.17, 15) is 8.78 Å². The first-order valence-corrected chi connectivity index (χ1v) is 4.87. The molecular weight excluding hydrogens is 279 g/mol. The summed E-state index contributed by atoms with van der Waals surface area (Å²) < 4.78 is 24.2. The Labute approximate surface area is 92.2 Å². The van der Waals surface area contributed by atoms with E-state index < -0.39 is 9.95 Å². The van der Waals surface area contributed by atoms with Crippen LogP contribution >= 0.6 is 27.5 Å². The fourth-order valence-corrected chi connectivity index (χ4v) is 1.69. The van der Waals surface area contributed by atoms with Crippen molar-refractivity contribution in [3.63, 3.8) is 0 Å². The van der Waals surface area contributed by atoms with Gasteiger partial charge in [-0.15, -0.1) is 0 Å². The van der Waals surface area contributed by atoms with Crippen LogP contribution in [0.3, 0.4) is 0 Å². The summed E-state index contributed by atoms with van der Waals surface area (Å²) >= 11 is 7.83. The molecule has 0 amide bonds. The number of halogens is 4. The van der Waals surface area contributed by atoms with Crippen LogP contribution < -0.4 is 5.43 Å². The van der Waals surface area contributed by atoms with Gasteiger partial charge in [-0.2, -0.15) is 13.9 Å². The van der Waals surface area contributed by atoms with Crippen LogP contribution in [0, 0.1) is 0 Å².